The van der Waals surface area contributed by atoms with E-state index < -0.39 is 0 Å². The SMILES string of the molecule is Oc1ccc(Br)cc1/C=N/NC(=S)Nc1cccc(Cl)c1. The Morgan fingerprint density at radius 2 is 2.10 bits per heavy atom. The van der Waals surface area contributed by atoms with E-state index in [1.54, 1.807) is 30.3 Å². The fourth-order valence-electron chi connectivity index (χ4n) is 1.51. The van der Waals surface area contributed by atoms with Gasteiger partial charge in [-0.2, -0.15) is 5.10 Å². The van der Waals surface area contributed by atoms with Gasteiger partial charge in [0.25, 0.3) is 0 Å². The molecule has 0 saturated heterocycles. The van der Waals surface area contributed by atoms with Crippen LogP contribution in [0.1, 0.15) is 5.56 Å². The highest BCUT2D eigenvalue weighted by Gasteiger charge is 1.99. The van der Waals surface area contributed by atoms with E-state index in [9.17, 15) is 5.11 Å². The summed E-state index contributed by atoms with van der Waals surface area (Å²) in [5.41, 5.74) is 4.00. The van der Waals surface area contributed by atoms with Gasteiger partial charge in [-0.1, -0.05) is 33.6 Å². The van der Waals surface area contributed by atoms with Crippen LogP contribution in [-0.2, 0) is 0 Å². The lowest BCUT2D eigenvalue weighted by Gasteiger charge is -2.07. The molecule has 0 unspecified atom stereocenters. The number of phenolic OH excluding ortho intramolecular Hbond substituents is 1. The van der Waals surface area contributed by atoms with Crippen LogP contribution in [0.5, 0.6) is 5.75 Å². The second kappa shape index (κ2) is 7.40. The van der Waals surface area contributed by atoms with Crippen molar-refractivity contribution in [3.8, 4) is 5.75 Å². The molecule has 0 spiro atoms. The molecule has 0 aromatic heterocycles. The standard InChI is InChI=1S/C14H11BrClN3OS/c15-10-4-5-13(20)9(6-10)8-17-19-14(21)18-12-3-1-2-11(16)7-12/h1-8,20H,(H2,18,19,21)/b17-8+. The largest absolute Gasteiger partial charge is 0.507 e. The Labute approximate surface area is 141 Å². The first kappa shape index (κ1) is 15.8. The van der Waals surface area contributed by atoms with Crippen molar-refractivity contribution in [2.45, 2.75) is 0 Å². The first-order chi connectivity index (χ1) is 10.0. The molecule has 3 N–H and O–H groups in total. The Morgan fingerprint density at radius 3 is 2.86 bits per heavy atom. The zero-order valence-corrected chi connectivity index (χ0v) is 13.8. The van der Waals surface area contributed by atoms with Gasteiger partial charge < -0.3 is 10.4 Å². The van der Waals surface area contributed by atoms with Gasteiger partial charge in [0.2, 0.25) is 0 Å². The number of hydrazone groups is 1. The number of benzene rings is 2. The van der Waals surface area contributed by atoms with E-state index in [0.29, 0.717) is 15.7 Å². The summed E-state index contributed by atoms with van der Waals surface area (Å²) >= 11 is 14.3. The third kappa shape index (κ3) is 5.00. The van der Waals surface area contributed by atoms with Crippen molar-refractivity contribution < 1.29 is 5.11 Å². The van der Waals surface area contributed by atoms with Crippen molar-refractivity contribution in [3.05, 3.63) is 57.5 Å². The number of hydrogen-bond donors (Lipinski definition) is 3. The van der Waals surface area contributed by atoms with Crippen molar-refractivity contribution in [2.75, 3.05) is 5.32 Å². The van der Waals surface area contributed by atoms with Crippen molar-refractivity contribution >= 4 is 56.8 Å². The summed E-state index contributed by atoms with van der Waals surface area (Å²) in [6.07, 6.45) is 1.48. The maximum absolute atomic E-state index is 9.66. The number of thiocarbonyl (C=S) groups is 1. The Bertz CT molecular complexity index is 694. The van der Waals surface area contributed by atoms with Gasteiger partial charge in [-0.05, 0) is 48.6 Å². The fraction of sp³-hybridized carbons (Fsp3) is 0. The van der Waals surface area contributed by atoms with Gasteiger partial charge in [-0.15, -0.1) is 0 Å². The number of phenols is 1. The summed E-state index contributed by atoms with van der Waals surface area (Å²) < 4.78 is 0.848. The van der Waals surface area contributed by atoms with Crippen molar-refractivity contribution in [2.24, 2.45) is 5.10 Å². The van der Waals surface area contributed by atoms with Crippen LogP contribution in [0.15, 0.2) is 52.0 Å². The summed E-state index contributed by atoms with van der Waals surface area (Å²) in [6, 6.07) is 12.2. The fourth-order valence-corrected chi connectivity index (χ4v) is 2.25. The second-order valence-electron chi connectivity index (χ2n) is 4.04. The Balaban J connectivity index is 1.94. The molecule has 0 atom stereocenters. The van der Waals surface area contributed by atoms with Crippen molar-refractivity contribution in [1.29, 1.82) is 0 Å². The molecule has 2 aromatic carbocycles. The Hall–Kier alpha value is -1.63. The van der Waals surface area contributed by atoms with Crippen LogP contribution in [0.3, 0.4) is 0 Å². The zero-order chi connectivity index (χ0) is 15.2. The molecule has 0 aliphatic heterocycles. The van der Waals surface area contributed by atoms with Crippen molar-refractivity contribution in [3.63, 3.8) is 0 Å². The number of hydrogen-bond acceptors (Lipinski definition) is 3. The monoisotopic (exact) mass is 383 g/mol. The van der Waals surface area contributed by atoms with E-state index in [1.165, 1.54) is 6.21 Å². The minimum Gasteiger partial charge on any atom is -0.507 e. The van der Waals surface area contributed by atoms with E-state index in [0.717, 1.165) is 10.2 Å². The molecule has 108 valence electrons. The number of nitrogens with one attached hydrogen (secondary N) is 2. The average molecular weight is 385 g/mol. The molecule has 2 aromatic rings. The Kier molecular flexibility index (Phi) is 5.55. The molecule has 0 heterocycles. The summed E-state index contributed by atoms with van der Waals surface area (Å²) in [5, 5.41) is 17.5. The van der Waals surface area contributed by atoms with E-state index in [4.69, 9.17) is 23.8 Å². The molecule has 0 aliphatic carbocycles. The molecule has 0 amide bonds. The molecular formula is C14H11BrClN3OS. The van der Waals surface area contributed by atoms with E-state index in [-0.39, 0.29) is 5.75 Å². The van der Waals surface area contributed by atoms with Gasteiger partial charge in [0, 0.05) is 20.7 Å². The molecular weight excluding hydrogens is 374 g/mol. The highest BCUT2D eigenvalue weighted by Crippen LogP contribution is 2.20. The predicted octanol–water partition coefficient (Wildman–Crippen LogP) is 4.13. The van der Waals surface area contributed by atoms with E-state index >= 15 is 0 Å². The van der Waals surface area contributed by atoms with Crippen LogP contribution < -0.4 is 10.7 Å². The molecule has 21 heavy (non-hydrogen) atoms. The molecule has 0 radical (unpaired) electrons. The molecule has 0 bridgehead atoms. The van der Waals surface area contributed by atoms with Crippen LogP contribution in [0, 0.1) is 0 Å². The van der Waals surface area contributed by atoms with Crippen LogP contribution in [0.25, 0.3) is 0 Å². The Morgan fingerprint density at radius 1 is 1.29 bits per heavy atom. The van der Waals surface area contributed by atoms with Gasteiger partial charge >= 0.3 is 0 Å². The first-order valence-electron chi connectivity index (χ1n) is 5.89. The summed E-state index contributed by atoms with van der Waals surface area (Å²) in [7, 11) is 0. The van der Waals surface area contributed by atoms with Crippen LogP contribution in [0.2, 0.25) is 5.02 Å². The normalized spacial score (nSPS) is 10.6. The molecule has 2 rings (SSSR count). The second-order valence-corrected chi connectivity index (χ2v) is 5.80. The highest BCUT2D eigenvalue weighted by atomic mass is 79.9. The topological polar surface area (TPSA) is 56.7 Å². The minimum absolute atomic E-state index is 0.137. The van der Waals surface area contributed by atoms with Crippen LogP contribution in [-0.4, -0.2) is 16.4 Å². The number of nitrogens with zero attached hydrogens (tertiary/aromatic N) is 1. The molecule has 4 nitrogen and oxygen atoms in total. The molecule has 0 aliphatic rings. The number of halogens is 2. The van der Waals surface area contributed by atoms with Crippen molar-refractivity contribution in [1.82, 2.24) is 5.43 Å². The summed E-state index contributed by atoms with van der Waals surface area (Å²) in [4.78, 5) is 0. The maximum atomic E-state index is 9.66. The molecule has 0 fully saturated rings. The summed E-state index contributed by atoms with van der Waals surface area (Å²) in [6.45, 7) is 0. The minimum atomic E-state index is 0.137. The number of aromatic hydroxyl groups is 1. The third-order valence-corrected chi connectivity index (χ3v) is 3.36. The van der Waals surface area contributed by atoms with Crippen LogP contribution >= 0.6 is 39.7 Å². The first-order valence-corrected chi connectivity index (χ1v) is 7.46. The van der Waals surface area contributed by atoms with E-state index in [1.807, 2.05) is 12.1 Å². The lowest BCUT2D eigenvalue weighted by atomic mass is 10.2. The molecule has 7 heteroatoms. The van der Waals surface area contributed by atoms with Crippen LogP contribution in [0.4, 0.5) is 5.69 Å². The predicted molar refractivity (Wildman–Crippen MR) is 94.2 cm³/mol. The van der Waals surface area contributed by atoms with Gasteiger partial charge in [0.1, 0.15) is 5.75 Å². The lowest BCUT2D eigenvalue weighted by Crippen LogP contribution is -2.23. The zero-order valence-electron chi connectivity index (χ0n) is 10.7. The van der Waals surface area contributed by atoms with Gasteiger partial charge in [-0.25, -0.2) is 0 Å². The van der Waals surface area contributed by atoms with Gasteiger partial charge in [-0.3, -0.25) is 5.43 Å². The van der Waals surface area contributed by atoms with Gasteiger partial charge in [0.05, 0.1) is 6.21 Å². The molecule has 0 saturated carbocycles. The maximum Gasteiger partial charge on any atom is 0.191 e. The lowest BCUT2D eigenvalue weighted by molar-refractivity contribution is 0.474. The quantitative estimate of drug-likeness (QED) is 0.423. The third-order valence-electron chi connectivity index (χ3n) is 2.44. The summed E-state index contributed by atoms with van der Waals surface area (Å²) in [5.74, 6) is 0.137. The smallest absolute Gasteiger partial charge is 0.191 e. The number of rotatable bonds is 3. The highest BCUT2D eigenvalue weighted by molar-refractivity contribution is 9.10. The average Bonchev–Trinajstić information content (AvgIpc) is 2.42. The van der Waals surface area contributed by atoms with Gasteiger partial charge in [0.15, 0.2) is 5.11 Å². The van der Waals surface area contributed by atoms with E-state index in [2.05, 4.69) is 31.8 Å². The number of anilines is 1.